The Hall–Kier alpha value is -3.04. The molecule has 0 radical (unpaired) electrons. The highest BCUT2D eigenvalue weighted by atomic mass is 16.3. The number of likely N-dealkylation sites (tertiary alicyclic amines) is 1. The topological polar surface area (TPSA) is 125 Å². The summed E-state index contributed by atoms with van der Waals surface area (Å²) in [5.41, 5.74) is 8.20. The molecule has 3 aliphatic rings. The maximum absolute atomic E-state index is 13.2. The number of carbonyl (C=O) groups is 2. The Morgan fingerprint density at radius 3 is 2.58 bits per heavy atom. The van der Waals surface area contributed by atoms with Gasteiger partial charge >= 0.3 is 0 Å². The molecular formula is C24H30N6O3. The van der Waals surface area contributed by atoms with Crippen LogP contribution in [0.25, 0.3) is 0 Å². The molecule has 2 atom stereocenters. The van der Waals surface area contributed by atoms with Crippen molar-refractivity contribution in [3.8, 4) is 0 Å². The molecule has 9 heteroatoms. The Morgan fingerprint density at radius 2 is 1.88 bits per heavy atom. The molecule has 1 saturated heterocycles. The predicted molar refractivity (Wildman–Crippen MR) is 123 cm³/mol. The number of nitrogens with zero attached hydrogens (tertiary/aromatic N) is 4. The molecule has 1 aliphatic carbocycles. The van der Waals surface area contributed by atoms with Gasteiger partial charge in [0.1, 0.15) is 11.5 Å². The van der Waals surface area contributed by atoms with Crippen LogP contribution in [0.5, 0.6) is 0 Å². The first-order valence-corrected chi connectivity index (χ1v) is 11.7. The molecule has 0 bridgehead atoms. The van der Waals surface area contributed by atoms with Crippen LogP contribution in [-0.2, 0) is 13.0 Å². The number of hydrogen-bond acceptors (Lipinski definition) is 7. The van der Waals surface area contributed by atoms with Crippen LogP contribution in [0.3, 0.4) is 0 Å². The number of benzene rings is 1. The SMILES string of the molecule is NC(=O)c1nc(NC2CCC2)cc(C(=O)N2CC[C@@H](N3CCc4ccccc4C3)[C@H](O)C2)n1. The Kier molecular flexibility index (Phi) is 5.99. The van der Waals surface area contributed by atoms with E-state index >= 15 is 0 Å². The van der Waals surface area contributed by atoms with Gasteiger partial charge in [-0.2, -0.15) is 0 Å². The number of anilines is 1. The number of fused-ring (bicyclic) bond motifs is 1. The molecule has 3 heterocycles. The fourth-order valence-electron chi connectivity index (χ4n) is 4.99. The molecule has 4 N–H and O–H groups in total. The lowest BCUT2D eigenvalue weighted by atomic mass is 9.93. The predicted octanol–water partition coefficient (Wildman–Crippen LogP) is 1.17. The zero-order valence-corrected chi connectivity index (χ0v) is 18.6. The first-order valence-electron chi connectivity index (χ1n) is 11.7. The number of hydrogen-bond donors (Lipinski definition) is 3. The van der Waals surface area contributed by atoms with Crippen LogP contribution in [0.15, 0.2) is 30.3 Å². The standard InChI is InChI=1S/C24H30N6O3/c25-22(32)23-27-18(12-21(28-23)26-17-6-3-7-17)24(33)30-11-9-19(20(31)14-30)29-10-8-15-4-1-2-5-16(15)13-29/h1-2,4-5,12,17,19-20,31H,3,6-11,13-14H2,(H2,25,32)(H,26,27,28)/t19-,20-/m1/s1. The van der Waals surface area contributed by atoms with Crippen LogP contribution in [-0.4, -0.2) is 74.5 Å². The number of nitrogens with one attached hydrogen (secondary N) is 1. The first-order chi connectivity index (χ1) is 16.0. The number of carbonyl (C=O) groups excluding carboxylic acids is 2. The van der Waals surface area contributed by atoms with Crippen LogP contribution in [0.1, 0.15) is 57.9 Å². The van der Waals surface area contributed by atoms with Crippen LogP contribution >= 0.6 is 0 Å². The summed E-state index contributed by atoms with van der Waals surface area (Å²) in [6.45, 7) is 2.45. The van der Waals surface area contributed by atoms with Gasteiger partial charge in [-0.05, 0) is 43.2 Å². The molecule has 1 aromatic heterocycles. The summed E-state index contributed by atoms with van der Waals surface area (Å²) < 4.78 is 0. The lowest BCUT2D eigenvalue weighted by Crippen LogP contribution is -2.56. The lowest BCUT2D eigenvalue weighted by Gasteiger charge is -2.43. The van der Waals surface area contributed by atoms with Crippen molar-refractivity contribution in [3.05, 3.63) is 53.0 Å². The van der Waals surface area contributed by atoms with Gasteiger partial charge in [-0.15, -0.1) is 0 Å². The molecule has 2 fully saturated rings. The van der Waals surface area contributed by atoms with Gasteiger partial charge in [0.15, 0.2) is 0 Å². The molecule has 1 aromatic carbocycles. The average Bonchev–Trinajstić information content (AvgIpc) is 2.80. The number of nitrogens with two attached hydrogens (primary N) is 1. The Morgan fingerprint density at radius 1 is 1.09 bits per heavy atom. The van der Waals surface area contributed by atoms with Gasteiger partial charge in [-0.1, -0.05) is 24.3 Å². The average molecular weight is 451 g/mol. The maximum atomic E-state index is 13.2. The van der Waals surface area contributed by atoms with Crippen molar-refractivity contribution < 1.29 is 14.7 Å². The number of primary amides is 1. The van der Waals surface area contributed by atoms with E-state index in [1.54, 1.807) is 11.0 Å². The van der Waals surface area contributed by atoms with Gasteiger partial charge in [-0.3, -0.25) is 14.5 Å². The third-order valence-corrected chi connectivity index (χ3v) is 7.09. The molecule has 5 rings (SSSR count). The number of piperidine rings is 1. The number of β-amino-alcohol motifs (C(OH)–C–C–N with tert-alkyl or cyclic N) is 1. The fraction of sp³-hybridized carbons (Fsp3) is 0.500. The van der Waals surface area contributed by atoms with Crippen molar-refractivity contribution in [3.63, 3.8) is 0 Å². The van der Waals surface area contributed by atoms with E-state index in [0.717, 1.165) is 38.8 Å². The highest BCUT2D eigenvalue weighted by molar-refractivity contribution is 5.95. The van der Waals surface area contributed by atoms with Crippen LogP contribution < -0.4 is 11.1 Å². The summed E-state index contributed by atoms with van der Waals surface area (Å²) in [5, 5.41) is 14.2. The number of rotatable bonds is 5. The highest BCUT2D eigenvalue weighted by Gasteiger charge is 2.36. The van der Waals surface area contributed by atoms with E-state index in [1.165, 1.54) is 11.1 Å². The summed E-state index contributed by atoms with van der Waals surface area (Å²) >= 11 is 0. The summed E-state index contributed by atoms with van der Waals surface area (Å²) in [6, 6.07) is 10.3. The molecule has 33 heavy (non-hydrogen) atoms. The third kappa shape index (κ3) is 4.56. The summed E-state index contributed by atoms with van der Waals surface area (Å²) in [4.78, 5) is 37.2. The molecule has 2 aromatic rings. The van der Waals surface area contributed by atoms with Crippen molar-refractivity contribution in [2.75, 3.05) is 25.0 Å². The Labute approximate surface area is 193 Å². The fourth-order valence-corrected chi connectivity index (χ4v) is 4.99. The quantitative estimate of drug-likeness (QED) is 0.625. The van der Waals surface area contributed by atoms with E-state index in [1.807, 2.05) is 0 Å². The monoisotopic (exact) mass is 450 g/mol. The first kappa shape index (κ1) is 21.8. The lowest BCUT2D eigenvalue weighted by molar-refractivity contribution is -0.0139. The summed E-state index contributed by atoms with van der Waals surface area (Å²) in [6.07, 6.45) is 4.19. The molecular weight excluding hydrogens is 420 g/mol. The smallest absolute Gasteiger partial charge is 0.286 e. The summed E-state index contributed by atoms with van der Waals surface area (Å²) in [7, 11) is 0. The summed E-state index contributed by atoms with van der Waals surface area (Å²) in [5.74, 6) is -0.831. The van der Waals surface area contributed by atoms with Crippen molar-refractivity contribution in [1.82, 2.24) is 19.8 Å². The minimum Gasteiger partial charge on any atom is -0.390 e. The number of amides is 2. The largest absolute Gasteiger partial charge is 0.390 e. The molecule has 2 amide bonds. The number of aliphatic hydroxyl groups excluding tert-OH is 1. The van der Waals surface area contributed by atoms with Crippen molar-refractivity contribution in [1.29, 1.82) is 0 Å². The van der Waals surface area contributed by atoms with Crippen LogP contribution in [0.2, 0.25) is 0 Å². The normalized spacial score (nSPS) is 23.5. The third-order valence-electron chi connectivity index (χ3n) is 7.09. The van der Waals surface area contributed by atoms with Crippen LogP contribution in [0.4, 0.5) is 5.82 Å². The molecule has 2 aliphatic heterocycles. The Balaban J connectivity index is 1.27. The number of aliphatic hydroxyl groups is 1. The second kappa shape index (κ2) is 9.07. The van der Waals surface area contributed by atoms with Gasteiger partial charge in [0.05, 0.1) is 6.10 Å². The minimum atomic E-state index is -0.773. The zero-order valence-electron chi connectivity index (χ0n) is 18.6. The van der Waals surface area contributed by atoms with Crippen molar-refractivity contribution in [2.24, 2.45) is 5.73 Å². The molecule has 9 nitrogen and oxygen atoms in total. The minimum absolute atomic E-state index is 0.00447. The maximum Gasteiger partial charge on any atom is 0.286 e. The van der Waals surface area contributed by atoms with E-state index in [4.69, 9.17) is 5.73 Å². The van der Waals surface area contributed by atoms with E-state index < -0.39 is 12.0 Å². The van der Waals surface area contributed by atoms with Crippen LogP contribution in [0, 0.1) is 0 Å². The van der Waals surface area contributed by atoms with E-state index in [9.17, 15) is 14.7 Å². The highest BCUT2D eigenvalue weighted by Crippen LogP contribution is 2.26. The van der Waals surface area contributed by atoms with E-state index in [0.29, 0.717) is 18.8 Å². The Bertz CT molecular complexity index is 1060. The van der Waals surface area contributed by atoms with Gasteiger partial charge in [0, 0.05) is 44.3 Å². The van der Waals surface area contributed by atoms with Gasteiger partial charge in [0.2, 0.25) is 5.82 Å². The molecule has 0 unspecified atom stereocenters. The second-order valence-electron chi connectivity index (χ2n) is 9.26. The van der Waals surface area contributed by atoms with Gasteiger partial charge in [-0.25, -0.2) is 9.97 Å². The van der Waals surface area contributed by atoms with Gasteiger partial charge < -0.3 is 21.1 Å². The molecule has 174 valence electrons. The molecule has 0 spiro atoms. The van der Waals surface area contributed by atoms with E-state index in [2.05, 4.69) is 44.5 Å². The van der Waals surface area contributed by atoms with Gasteiger partial charge in [0.25, 0.3) is 11.8 Å². The van der Waals surface area contributed by atoms with E-state index in [-0.39, 0.29) is 36.1 Å². The number of aromatic nitrogens is 2. The zero-order chi connectivity index (χ0) is 22.9. The second-order valence-corrected chi connectivity index (χ2v) is 9.26. The van der Waals surface area contributed by atoms with Crippen molar-refractivity contribution in [2.45, 2.75) is 56.8 Å². The molecule has 1 saturated carbocycles. The van der Waals surface area contributed by atoms with Crippen molar-refractivity contribution >= 4 is 17.6 Å².